The van der Waals surface area contributed by atoms with Gasteiger partial charge in [-0.25, -0.2) is 15.6 Å². The summed E-state index contributed by atoms with van der Waals surface area (Å²) < 4.78 is 0.880. The Balaban J connectivity index is 2.14. The number of carbonyl (C=O) groups excluding carboxylic acids is 1. The zero-order valence-electron chi connectivity index (χ0n) is 10.1. The molecule has 0 radical (unpaired) electrons. The minimum absolute atomic E-state index is 0.375. The van der Waals surface area contributed by atoms with Crippen LogP contribution in [-0.4, -0.2) is 34.6 Å². The van der Waals surface area contributed by atoms with E-state index in [1.54, 1.807) is 24.3 Å². The quantitative estimate of drug-likeness (QED) is 0.492. The Bertz CT molecular complexity index is 491. The molecule has 0 bridgehead atoms. The highest BCUT2D eigenvalue weighted by molar-refractivity contribution is 9.10. The van der Waals surface area contributed by atoms with E-state index in [0.717, 1.165) is 14.4 Å². The van der Waals surface area contributed by atoms with Crippen molar-refractivity contribution < 1.29 is 14.7 Å². The van der Waals surface area contributed by atoms with Crippen LogP contribution in [0.4, 0.5) is 10.5 Å². The van der Waals surface area contributed by atoms with E-state index in [1.165, 1.54) is 0 Å². The lowest BCUT2D eigenvalue weighted by molar-refractivity contribution is -0.122. The average Bonchev–Trinajstić information content (AvgIpc) is 2.87. The molecule has 6 nitrogen and oxygen atoms in total. The van der Waals surface area contributed by atoms with Crippen LogP contribution >= 0.6 is 15.9 Å². The van der Waals surface area contributed by atoms with Gasteiger partial charge in [0, 0.05) is 11.0 Å². The summed E-state index contributed by atoms with van der Waals surface area (Å²) in [6.07, 6.45) is 0.103. The van der Waals surface area contributed by atoms with E-state index in [9.17, 15) is 9.59 Å². The molecule has 0 aliphatic carbocycles. The Morgan fingerprint density at radius 3 is 2.58 bits per heavy atom. The smallest absolute Gasteiger partial charge is 0.407 e. The first kappa shape index (κ1) is 13.8. The number of nitrogens with zero attached hydrogens (tertiary/aromatic N) is 2. The van der Waals surface area contributed by atoms with Crippen molar-refractivity contribution in [3.8, 4) is 0 Å². The number of carboxylic acid groups (broad SMARTS) is 1. The van der Waals surface area contributed by atoms with E-state index in [-0.39, 0.29) is 0 Å². The summed E-state index contributed by atoms with van der Waals surface area (Å²) in [7, 11) is 0. The van der Waals surface area contributed by atoms with Crippen molar-refractivity contribution >= 4 is 33.6 Å². The largest absolute Gasteiger partial charge is 0.465 e. The fraction of sp³-hybridized carbons (Fsp3) is 0.333. The van der Waals surface area contributed by atoms with Crippen molar-refractivity contribution in [1.82, 2.24) is 4.90 Å². The predicted octanol–water partition coefficient (Wildman–Crippen LogP) is 1.80. The molecule has 0 spiro atoms. The van der Waals surface area contributed by atoms with E-state index in [0.29, 0.717) is 25.1 Å². The molecule has 7 heteroatoms. The summed E-state index contributed by atoms with van der Waals surface area (Å²) in [6, 6.07) is 6.24. The van der Waals surface area contributed by atoms with E-state index in [2.05, 4.69) is 15.9 Å². The van der Waals surface area contributed by atoms with Crippen LogP contribution in [0, 0.1) is 0 Å². The molecule has 1 saturated heterocycles. The summed E-state index contributed by atoms with van der Waals surface area (Å²) in [4.78, 5) is 24.4. The van der Waals surface area contributed by atoms with Crippen molar-refractivity contribution in [1.29, 1.82) is 0 Å². The Morgan fingerprint density at radius 1 is 1.37 bits per heavy atom. The number of halogens is 1. The highest BCUT2D eigenvalue weighted by Crippen LogP contribution is 2.22. The summed E-state index contributed by atoms with van der Waals surface area (Å²) in [5.41, 5.74) is 0.533. The zero-order valence-corrected chi connectivity index (χ0v) is 11.7. The van der Waals surface area contributed by atoms with E-state index < -0.39 is 18.0 Å². The van der Waals surface area contributed by atoms with Crippen molar-refractivity contribution in [2.75, 3.05) is 11.6 Å². The lowest BCUT2D eigenvalue weighted by atomic mass is 10.2. The van der Waals surface area contributed by atoms with Crippen LogP contribution in [0.5, 0.6) is 0 Å². The molecule has 1 aliphatic rings. The number of hydrazine groups is 1. The van der Waals surface area contributed by atoms with Crippen LogP contribution in [0.25, 0.3) is 0 Å². The third kappa shape index (κ3) is 2.87. The SMILES string of the molecule is NN(C(=O)[C@@H]1CCCN1C(=O)O)c1ccc(Br)cc1. The number of rotatable bonds is 2. The van der Waals surface area contributed by atoms with Crippen LogP contribution in [0.15, 0.2) is 28.7 Å². The number of anilines is 1. The van der Waals surface area contributed by atoms with E-state index in [1.807, 2.05) is 0 Å². The number of benzene rings is 1. The molecule has 19 heavy (non-hydrogen) atoms. The Labute approximate surface area is 118 Å². The number of hydrogen-bond donors (Lipinski definition) is 2. The molecule has 1 heterocycles. The first-order chi connectivity index (χ1) is 9.00. The number of amides is 2. The maximum Gasteiger partial charge on any atom is 0.407 e. The molecule has 3 N–H and O–H groups in total. The lowest BCUT2D eigenvalue weighted by Gasteiger charge is -2.25. The normalized spacial score (nSPS) is 18.4. The van der Waals surface area contributed by atoms with Gasteiger partial charge in [0.15, 0.2) is 0 Å². The van der Waals surface area contributed by atoms with Crippen molar-refractivity contribution in [3.05, 3.63) is 28.7 Å². The van der Waals surface area contributed by atoms with Gasteiger partial charge < -0.3 is 5.11 Å². The highest BCUT2D eigenvalue weighted by Gasteiger charge is 2.36. The first-order valence-corrected chi connectivity index (χ1v) is 6.64. The van der Waals surface area contributed by atoms with Gasteiger partial charge in [0.25, 0.3) is 5.91 Å². The van der Waals surface area contributed by atoms with Gasteiger partial charge in [0.05, 0.1) is 5.69 Å². The molecule has 1 fully saturated rings. The van der Waals surface area contributed by atoms with E-state index in [4.69, 9.17) is 10.9 Å². The third-order valence-electron chi connectivity index (χ3n) is 3.13. The molecular weight excluding hydrogens is 314 g/mol. The maximum atomic E-state index is 12.2. The fourth-order valence-electron chi connectivity index (χ4n) is 2.14. The highest BCUT2D eigenvalue weighted by atomic mass is 79.9. The standard InChI is InChI=1S/C12H14BrN3O3/c13-8-3-5-9(6-4-8)16(14)11(17)10-2-1-7-15(10)12(18)19/h3-6,10H,1-2,7,14H2,(H,18,19)/t10-/m0/s1. The van der Waals surface area contributed by atoms with Crippen LogP contribution in [0.3, 0.4) is 0 Å². The molecule has 2 rings (SSSR count). The summed E-state index contributed by atoms with van der Waals surface area (Å²) >= 11 is 3.30. The monoisotopic (exact) mass is 327 g/mol. The molecule has 1 aromatic rings. The summed E-state index contributed by atoms with van der Waals surface area (Å²) in [6.45, 7) is 0.375. The Kier molecular flexibility index (Phi) is 4.06. The second kappa shape index (κ2) is 5.58. The molecule has 2 amide bonds. The van der Waals surface area contributed by atoms with Gasteiger partial charge in [0.2, 0.25) is 0 Å². The molecule has 0 saturated carbocycles. The molecular formula is C12H14BrN3O3. The molecule has 1 atom stereocenters. The second-order valence-electron chi connectivity index (χ2n) is 4.32. The van der Waals surface area contributed by atoms with Crippen molar-refractivity contribution in [3.63, 3.8) is 0 Å². The van der Waals surface area contributed by atoms with Gasteiger partial charge in [0.1, 0.15) is 6.04 Å². The van der Waals surface area contributed by atoms with Gasteiger partial charge >= 0.3 is 6.09 Å². The Hall–Kier alpha value is -1.60. The van der Waals surface area contributed by atoms with Crippen LogP contribution in [0.1, 0.15) is 12.8 Å². The van der Waals surface area contributed by atoms with Gasteiger partial charge in [-0.3, -0.25) is 9.69 Å². The first-order valence-electron chi connectivity index (χ1n) is 5.84. The van der Waals surface area contributed by atoms with Crippen LogP contribution in [-0.2, 0) is 4.79 Å². The third-order valence-corrected chi connectivity index (χ3v) is 3.65. The molecule has 0 unspecified atom stereocenters. The molecule has 102 valence electrons. The minimum Gasteiger partial charge on any atom is -0.465 e. The fourth-order valence-corrected chi connectivity index (χ4v) is 2.41. The van der Waals surface area contributed by atoms with Crippen LogP contribution in [0.2, 0.25) is 0 Å². The number of likely N-dealkylation sites (tertiary alicyclic amines) is 1. The van der Waals surface area contributed by atoms with Crippen LogP contribution < -0.4 is 10.9 Å². The van der Waals surface area contributed by atoms with Gasteiger partial charge in [-0.05, 0) is 37.1 Å². The zero-order chi connectivity index (χ0) is 14.0. The lowest BCUT2D eigenvalue weighted by Crippen LogP contribution is -2.50. The predicted molar refractivity (Wildman–Crippen MR) is 73.6 cm³/mol. The summed E-state index contributed by atoms with van der Waals surface area (Å²) in [5, 5.41) is 10.0. The number of hydrogen-bond acceptors (Lipinski definition) is 3. The number of nitrogens with two attached hydrogens (primary N) is 1. The minimum atomic E-state index is -1.08. The molecule has 1 aromatic carbocycles. The summed E-state index contributed by atoms with van der Waals surface area (Å²) in [5.74, 6) is 5.38. The molecule has 1 aliphatic heterocycles. The van der Waals surface area contributed by atoms with Gasteiger partial charge in [-0.1, -0.05) is 15.9 Å². The number of carbonyl (C=O) groups is 2. The van der Waals surface area contributed by atoms with Gasteiger partial charge in [-0.15, -0.1) is 0 Å². The van der Waals surface area contributed by atoms with Gasteiger partial charge in [-0.2, -0.15) is 0 Å². The average molecular weight is 328 g/mol. The van der Waals surface area contributed by atoms with Crippen molar-refractivity contribution in [2.24, 2.45) is 5.84 Å². The topological polar surface area (TPSA) is 86.9 Å². The second-order valence-corrected chi connectivity index (χ2v) is 5.23. The maximum absolute atomic E-state index is 12.2. The molecule has 0 aromatic heterocycles. The Morgan fingerprint density at radius 2 is 2.00 bits per heavy atom. The van der Waals surface area contributed by atoms with E-state index >= 15 is 0 Å². The van der Waals surface area contributed by atoms with Crippen molar-refractivity contribution in [2.45, 2.75) is 18.9 Å².